The van der Waals surface area contributed by atoms with E-state index in [1.807, 2.05) is 48.5 Å². The van der Waals surface area contributed by atoms with Gasteiger partial charge in [0.2, 0.25) is 0 Å². The number of para-hydroxylation sites is 1. The first-order valence-corrected chi connectivity index (χ1v) is 8.36. The maximum atomic E-state index is 13.1. The zero-order valence-electron chi connectivity index (χ0n) is 14.6. The van der Waals surface area contributed by atoms with Gasteiger partial charge in [0, 0.05) is 5.39 Å². The molecule has 27 heavy (non-hydrogen) atoms. The van der Waals surface area contributed by atoms with Crippen LogP contribution in [0.5, 0.6) is 11.5 Å². The predicted molar refractivity (Wildman–Crippen MR) is 100 cm³/mol. The quantitative estimate of drug-likeness (QED) is 0.527. The number of ether oxygens (including phenoxy) is 2. The summed E-state index contributed by atoms with van der Waals surface area (Å²) in [5.74, 6) is 1.31. The molecular formula is C21H16FN3O2. The Morgan fingerprint density at radius 1 is 0.963 bits per heavy atom. The molecule has 0 aliphatic carbocycles. The van der Waals surface area contributed by atoms with Crippen molar-refractivity contribution >= 4 is 10.9 Å². The Hall–Kier alpha value is -3.54. The van der Waals surface area contributed by atoms with Crippen molar-refractivity contribution < 1.29 is 13.9 Å². The molecule has 0 saturated heterocycles. The van der Waals surface area contributed by atoms with Crippen molar-refractivity contribution in [1.82, 2.24) is 15.0 Å². The maximum Gasteiger partial charge on any atom is 0.178 e. The fourth-order valence-electron chi connectivity index (χ4n) is 2.73. The van der Waals surface area contributed by atoms with E-state index in [9.17, 15) is 4.39 Å². The van der Waals surface area contributed by atoms with Crippen LogP contribution in [0, 0.1) is 5.82 Å². The van der Waals surface area contributed by atoms with Gasteiger partial charge in [-0.25, -0.2) is 19.3 Å². The number of hydrogen-bond donors (Lipinski definition) is 0. The number of pyridine rings is 1. The lowest BCUT2D eigenvalue weighted by molar-refractivity contribution is 0.308. The van der Waals surface area contributed by atoms with E-state index in [1.54, 1.807) is 13.2 Å². The average Bonchev–Trinajstić information content (AvgIpc) is 2.72. The van der Waals surface area contributed by atoms with Crippen LogP contribution in [0.2, 0.25) is 0 Å². The fraction of sp³-hybridized carbons (Fsp3) is 0.0952. The van der Waals surface area contributed by atoms with E-state index in [0.29, 0.717) is 29.4 Å². The standard InChI is InChI=1S/C21H16FN3O2/c1-26-17-6-2-4-14(10-17)13-27-19-7-3-5-15-8-9-18(25-20(15)19)21-23-11-16(22)12-24-21/h2-12H,13H2,1H3. The Balaban J connectivity index is 1.65. The van der Waals surface area contributed by atoms with Crippen molar-refractivity contribution in [2.75, 3.05) is 7.11 Å². The normalized spacial score (nSPS) is 10.7. The molecule has 4 rings (SSSR count). The van der Waals surface area contributed by atoms with Crippen LogP contribution in [-0.2, 0) is 6.61 Å². The Morgan fingerprint density at radius 2 is 1.78 bits per heavy atom. The van der Waals surface area contributed by atoms with Gasteiger partial charge in [0.05, 0.1) is 19.5 Å². The van der Waals surface area contributed by atoms with Gasteiger partial charge in [0.15, 0.2) is 11.6 Å². The third-order valence-electron chi connectivity index (χ3n) is 4.06. The van der Waals surface area contributed by atoms with Crippen LogP contribution >= 0.6 is 0 Å². The molecule has 2 aromatic carbocycles. The van der Waals surface area contributed by atoms with Crippen molar-refractivity contribution in [2.45, 2.75) is 6.61 Å². The fourth-order valence-corrected chi connectivity index (χ4v) is 2.73. The van der Waals surface area contributed by atoms with Crippen molar-refractivity contribution in [1.29, 1.82) is 0 Å². The number of rotatable bonds is 5. The molecule has 0 unspecified atom stereocenters. The number of fused-ring (bicyclic) bond motifs is 1. The number of hydrogen-bond acceptors (Lipinski definition) is 5. The molecule has 6 heteroatoms. The number of halogens is 1. The summed E-state index contributed by atoms with van der Waals surface area (Å²) in [5.41, 5.74) is 2.25. The Kier molecular flexibility index (Phi) is 4.61. The lowest BCUT2D eigenvalue weighted by atomic mass is 10.2. The molecule has 4 aromatic rings. The summed E-state index contributed by atoms with van der Waals surface area (Å²) in [5, 5.41) is 0.934. The number of aromatic nitrogens is 3. The second-order valence-electron chi connectivity index (χ2n) is 5.89. The first kappa shape index (κ1) is 16.9. The lowest BCUT2D eigenvalue weighted by Gasteiger charge is -2.10. The highest BCUT2D eigenvalue weighted by Gasteiger charge is 2.09. The van der Waals surface area contributed by atoms with Gasteiger partial charge in [0.25, 0.3) is 0 Å². The molecule has 0 spiro atoms. The van der Waals surface area contributed by atoms with E-state index in [-0.39, 0.29) is 0 Å². The molecule has 0 N–H and O–H groups in total. The first-order chi connectivity index (χ1) is 13.2. The molecule has 134 valence electrons. The number of nitrogens with zero attached hydrogens (tertiary/aromatic N) is 3. The number of benzene rings is 2. The molecule has 0 aliphatic rings. The third-order valence-corrected chi connectivity index (χ3v) is 4.06. The van der Waals surface area contributed by atoms with Gasteiger partial charge in [-0.3, -0.25) is 0 Å². The second kappa shape index (κ2) is 7.37. The maximum absolute atomic E-state index is 13.1. The zero-order chi connectivity index (χ0) is 18.6. The molecule has 2 aromatic heterocycles. The summed E-state index contributed by atoms with van der Waals surface area (Å²) in [6, 6.07) is 17.2. The Morgan fingerprint density at radius 3 is 2.59 bits per heavy atom. The van der Waals surface area contributed by atoms with Crippen LogP contribution in [0.3, 0.4) is 0 Å². The van der Waals surface area contributed by atoms with Gasteiger partial charge >= 0.3 is 0 Å². The van der Waals surface area contributed by atoms with Gasteiger partial charge in [-0.05, 0) is 29.8 Å². The van der Waals surface area contributed by atoms with Gasteiger partial charge < -0.3 is 9.47 Å². The van der Waals surface area contributed by atoms with Crippen LogP contribution in [0.1, 0.15) is 5.56 Å². The van der Waals surface area contributed by atoms with E-state index in [0.717, 1.165) is 29.1 Å². The highest BCUT2D eigenvalue weighted by Crippen LogP contribution is 2.27. The second-order valence-corrected chi connectivity index (χ2v) is 5.89. The van der Waals surface area contributed by atoms with Crippen molar-refractivity contribution in [2.24, 2.45) is 0 Å². The highest BCUT2D eigenvalue weighted by atomic mass is 19.1. The average molecular weight is 361 g/mol. The van der Waals surface area contributed by atoms with E-state index >= 15 is 0 Å². The first-order valence-electron chi connectivity index (χ1n) is 8.36. The molecular weight excluding hydrogens is 345 g/mol. The van der Waals surface area contributed by atoms with Crippen LogP contribution in [0.4, 0.5) is 4.39 Å². The summed E-state index contributed by atoms with van der Waals surface area (Å²) < 4.78 is 24.3. The van der Waals surface area contributed by atoms with Crippen LogP contribution in [-0.4, -0.2) is 22.1 Å². The lowest BCUT2D eigenvalue weighted by Crippen LogP contribution is -1.98. The van der Waals surface area contributed by atoms with Crippen molar-refractivity contribution in [3.8, 4) is 23.0 Å². The minimum absolute atomic E-state index is 0.362. The minimum atomic E-state index is -0.484. The van der Waals surface area contributed by atoms with E-state index in [1.165, 1.54) is 0 Å². The molecule has 0 radical (unpaired) electrons. The highest BCUT2D eigenvalue weighted by molar-refractivity contribution is 5.86. The Bertz CT molecular complexity index is 1080. The van der Waals surface area contributed by atoms with Crippen molar-refractivity contribution in [3.05, 3.63) is 78.4 Å². The Labute approximate surface area is 155 Å². The monoisotopic (exact) mass is 361 g/mol. The van der Waals surface area contributed by atoms with Crippen LogP contribution < -0.4 is 9.47 Å². The molecule has 0 amide bonds. The summed E-state index contributed by atoms with van der Waals surface area (Å²) in [7, 11) is 1.63. The smallest absolute Gasteiger partial charge is 0.178 e. The molecule has 0 bridgehead atoms. The summed E-state index contributed by atoms with van der Waals surface area (Å²) in [6.45, 7) is 0.384. The SMILES string of the molecule is COc1cccc(COc2cccc3ccc(-c4ncc(F)cn4)nc23)c1. The van der Waals surface area contributed by atoms with Gasteiger partial charge in [0.1, 0.15) is 29.3 Å². The topological polar surface area (TPSA) is 57.1 Å². The predicted octanol–water partition coefficient (Wildman–Crippen LogP) is 4.42. The van der Waals surface area contributed by atoms with Crippen LogP contribution in [0.25, 0.3) is 22.4 Å². The molecule has 0 aliphatic heterocycles. The zero-order valence-corrected chi connectivity index (χ0v) is 14.6. The van der Waals surface area contributed by atoms with E-state index < -0.39 is 5.82 Å². The summed E-state index contributed by atoms with van der Waals surface area (Å²) >= 11 is 0. The third kappa shape index (κ3) is 3.69. The summed E-state index contributed by atoms with van der Waals surface area (Å²) in [4.78, 5) is 12.6. The molecule has 0 atom stereocenters. The van der Waals surface area contributed by atoms with Gasteiger partial charge in [-0.1, -0.05) is 30.3 Å². The van der Waals surface area contributed by atoms with E-state index in [2.05, 4.69) is 15.0 Å². The molecule has 0 fully saturated rings. The van der Waals surface area contributed by atoms with Gasteiger partial charge in [-0.2, -0.15) is 0 Å². The molecule has 0 saturated carbocycles. The summed E-state index contributed by atoms with van der Waals surface area (Å²) in [6.07, 6.45) is 2.25. The van der Waals surface area contributed by atoms with Crippen LogP contribution in [0.15, 0.2) is 67.0 Å². The largest absolute Gasteiger partial charge is 0.497 e. The number of methoxy groups -OCH3 is 1. The molecule has 2 heterocycles. The van der Waals surface area contributed by atoms with Crippen molar-refractivity contribution in [3.63, 3.8) is 0 Å². The molecule has 5 nitrogen and oxygen atoms in total. The van der Waals surface area contributed by atoms with E-state index in [4.69, 9.17) is 9.47 Å². The minimum Gasteiger partial charge on any atom is -0.497 e. The van der Waals surface area contributed by atoms with Gasteiger partial charge in [-0.15, -0.1) is 0 Å².